The molecule has 0 saturated heterocycles. The Morgan fingerprint density at radius 3 is 1.80 bits per heavy atom. The maximum atomic E-state index is 6.70. The molecule has 0 spiro atoms. The quantitative estimate of drug-likeness (QED) is 0.167. The van der Waals surface area contributed by atoms with Crippen molar-refractivity contribution in [2.45, 2.75) is 19.3 Å². The molecule has 0 aliphatic heterocycles. The van der Waals surface area contributed by atoms with Crippen molar-refractivity contribution in [2.75, 3.05) is 0 Å². The highest BCUT2D eigenvalue weighted by molar-refractivity contribution is 6.29. The number of furan rings is 2. The van der Waals surface area contributed by atoms with Crippen molar-refractivity contribution in [3.05, 3.63) is 193 Å². The Kier molecular flexibility index (Phi) is 6.54. The van der Waals surface area contributed by atoms with Crippen molar-refractivity contribution < 1.29 is 8.83 Å². The van der Waals surface area contributed by atoms with E-state index in [9.17, 15) is 0 Å². The van der Waals surface area contributed by atoms with Gasteiger partial charge in [0.05, 0.1) is 0 Å². The number of para-hydroxylation sites is 1. The Bertz CT molecular complexity index is 3670. The number of hydrogen-bond acceptors (Lipinski definition) is 2. The van der Waals surface area contributed by atoms with Gasteiger partial charge in [-0.25, -0.2) is 0 Å². The van der Waals surface area contributed by atoms with Crippen LogP contribution in [0.25, 0.3) is 121 Å². The molecule has 0 unspecified atom stereocenters. The van der Waals surface area contributed by atoms with Crippen LogP contribution in [0.2, 0.25) is 0 Å². The third-order valence-electron chi connectivity index (χ3n) is 13.3. The SMILES string of the molecule is CC1(C)c2ccccc2-c2cc3c(cc21)oc1cccc(-c2ccc4ccc5c(-c6ccc(-c7c(-c8ccccc8)oc8ccccc78)cc6)ccc6ccc2c4c65)c13. The fourth-order valence-corrected chi connectivity index (χ4v) is 10.5. The number of fused-ring (bicyclic) bond motifs is 7. The van der Waals surface area contributed by atoms with E-state index in [4.69, 9.17) is 8.83 Å². The molecule has 1 aliphatic rings. The Morgan fingerprint density at radius 2 is 0.983 bits per heavy atom. The first kappa shape index (κ1) is 32.6. The Balaban J connectivity index is 0.975. The Morgan fingerprint density at radius 1 is 0.339 bits per heavy atom. The molecule has 0 N–H and O–H groups in total. The molecule has 0 radical (unpaired) electrons. The van der Waals surface area contributed by atoms with Crippen LogP contribution in [-0.4, -0.2) is 0 Å². The van der Waals surface area contributed by atoms with Gasteiger partial charge in [-0.05, 0) is 107 Å². The van der Waals surface area contributed by atoms with Gasteiger partial charge in [-0.1, -0.05) is 172 Å². The highest BCUT2D eigenvalue weighted by Gasteiger charge is 2.36. The molecule has 13 rings (SSSR count). The zero-order valence-electron chi connectivity index (χ0n) is 32.6. The average molecular weight is 753 g/mol. The van der Waals surface area contributed by atoms with Crippen LogP contribution >= 0.6 is 0 Å². The van der Waals surface area contributed by atoms with E-state index in [-0.39, 0.29) is 5.41 Å². The van der Waals surface area contributed by atoms with Gasteiger partial charge in [-0.15, -0.1) is 0 Å². The highest BCUT2D eigenvalue weighted by atomic mass is 16.3. The maximum absolute atomic E-state index is 6.70. The van der Waals surface area contributed by atoms with Gasteiger partial charge in [-0.3, -0.25) is 0 Å². The van der Waals surface area contributed by atoms with Crippen LogP contribution in [0.5, 0.6) is 0 Å². The molecule has 2 heterocycles. The second-order valence-corrected chi connectivity index (χ2v) is 16.7. The molecule has 10 aromatic carbocycles. The lowest BCUT2D eigenvalue weighted by molar-refractivity contribution is 0.632. The summed E-state index contributed by atoms with van der Waals surface area (Å²) >= 11 is 0. The highest BCUT2D eigenvalue weighted by Crippen LogP contribution is 2.52. The molecular weight excluding hydrogens is 717 g/mol. The summed E-state index contributed by atoms with van der Waals surface area (Å²) in [5.74, 6) is 0.899. The predicted molar refractivity (Wildman–Crippen MR) is 247 cm³/mol. The summed E-state index contributed by atoms with van der Waals surface area (Å²) in [7, 11) is 0. The zero-order chi connectivity index (χ0) is 39.0. The number of benzene rings is 10. The van der Waals surface area contributed by atoms with Gasteiger partial charge < -0.3 is 8.83 Å². The fraction of sp³-hybridized carbons (Fsp3) is 0.0526. The molecule has 1 aliphatic carbocycles. The average Bonchev–Trinajstić information content (AvgIpc) is 3.93. The molecule has 0 amide bonds. The normalized spacial score (nSPS) is 13.4. The summed E-state index contributed by atoms with van der Waals surface area (Å²) < 4.78 is 13.2. The van der Waals surface area contributed by atoms with Crippen molar-refractivity contribution in [3.8, 4) is 55.8 Å². The van der Waals surface area contributed by atoms with E-state index < -0.39 is 0 Å². The molecule has 0 saturated carbocycles. The summed E-state index contributed by atoms with van der Waals surface area (Å²) in [5.41, 5.74) is 16.2. The lowest BCUT2D eigenvalue weighted by Crippen LogP contribution is -2.14. The van der Waals surface area contributed by atoms with E-state index in [1.807, 2.05) is 12.1 Å². The maximum Gasteiger partial charge on any atom is 0.143 e. The molecular formula is C57H36O2. The summed E-state index contributed by atoms with van der Waals surface area (Å²) in [6.45, 7) is 4.65. The van der Waals surface area contributed by atoms with E-state index in [2.05, 4.69) is 184 Å². The molecule has 0 atom stereocenters. The predicted octanol–water partition coefficient (Wildman–Crippen LogP) is 16.2. The minimum absolute atomic E-state index is 0.0878. The summed E-state index contributed by atoms with van der Waals surface area (Å²) in [5, 5.41) is 11.1. The van der Waals surface area contributed by atoms with Crippen molar-refractivity contribution in [2.24, 2.45) is 0 Å². The third kappa shape index (κ3) is 4.52. The van der Waals surface area contributed by atoms with Gasteiger partial charge in [0.25, 0.3) is 0 Å². The lowest BCUT2D eigenvalue weighted by Gasteiger charge is -2.21. The summed E-state index contributed by atoms with van der Waals surface area (Å²) in [4.78, 5) is 0. The number of rotatable bonds is 4. The zero-order valence-corrected chi connectivity index (χ0v) is 32.6. The van der Waals surface area contributed by atoms with Gasteiger partial charge in [0.15, 0.2) is 0 Å². The molecule has 2 heteroatoms. The van der Waals surface area contributed by atoms with Crippen LogP contribution in [0.1, 0.15) is 25.0 Å². The van der Waals surface area contributed by atoms with Gasteiger partial charge in [0.1, 0.15) is 22.5 Å². The summed E-state index contributed by atoms with van der Waals surface area (Å²) in [6.07, 6.45) is 0. The van der Waals surface area contributed by atoms with E-state index in [0.29, 0.717) is 0 Å². The molecule has 0 fully saturated rings. The van der Waals surface area contributed by atoms with E-state index in [1.165, 1.54) is 82.2 Å². The first-order valence-electron chi connectivity index (χ1n) is 20.5. The van der Waals surface area contributed by atoms with Gasteiger partial charge in [-0.2, -0.15) is 0 Å². The molecule has 12 aromatic rings. The molecule has 2 nitrogen and oxygen atoms in total. The topological polar surface area (TPSA) is 26.3 Å². The van der Waals surface area contributed by atoms with Crippen molar-refractivity contribution in [3.63, 3.8) is 0 Å². The Labute approximate surface area is 340 Å². The third-order valence-corrected chi connectivity index (χ3v) is 13.3. The van der Waals surface area contributed by atoms with E-state index >= 15 is 0 Å². The number of hydrogen-bond donors (Lipinski definition) is 0. The van der Waals surface area contributed by atoms with Gasteiger partial charge >= 0.3 is 0 Å². The minimum atomic E-state index is -0.0878. The smallest absolute Gasteiger partial charge is 0.143 e. The van der Waals surface area contributed by atoms with E-state index in [1.54, 1.807) is 0 Å². The van der Waals surface area contributed by atoms with Crippen LogP contribution < -0.4 is 0 Å². The second-order valence-electron chi connectivity index (χ2n) is 16.7. The first-order chi connectivity index (χ1) is 29.0. The summed E-state index contributed by atoms with van der Waals surface area (Å²) in [6, 6.07) is 66.3. The van der Waals surface area contributed by atoms with Crippen LogP contribution in [0.4, 0.5) is 0 Å². The standard InChI is InChI=1S/C57H36O2/c1-57(2)47-16-8-6-13-40(47)45-31-46-51(32-48(45)57)58-50-18-10-15-41(55(46)50)39-28-24-35-25-29-42-38(27-23-34-26-30-43(39)53(35)52(34)42)33-19-21-36(22-20-33)54-44-14-7-9-17-49(44)59-56(54)37-11-4-3-5-12-37/h3-32H,1-2H3. The van der Waals surface area contributed by atoms with Crippen LogP contribution in [0.3, 0.4) is 0 Å². The fourth-order valence-electron chi connectivity index (χ4n) is 10.5. The lowest BCUT2D eigenvalue weighted by atomic mass is 9.82. The first-order valence-corrected chi connectivity index (χ1v) is 20.5. The van der Waals surface area contributed by atoms with E-state index in [0.717, 1.165) is 50.0 Å². The molecule has 0 bridgehead atoms. The van der Waals surface area contributed by atoms with Gasteiger partial charge in [0, 0.05) is 32.7 Å². The second kappa shape index (κ2) is 11.8. The van der Waals surface area contributed by atoms with Gasteiger partial charge in [0.2, 0.25) is 0 Å². The molecule has 59 heavy (non-hydrogen) atoms. The molecule has 276 valence electrons. The Hall–Kier alpha value is -7.42. The molecule has 2 aromatic heterocycles. The van der Waals surface area contributed by atoms with Crippen molar-refractivity contribution in [1.29, 1.82) is 0 Å². The minimum Gasteiger partial charge on any atom is -0.456 e. The van der Waals surface area contributed by atoms with Crippen molar-refractivity contribution >= 4 is 65.2 Å². The van der Waals surface area contributed by atoms with Crippen LogP contribution in [0, 0.1) is 0 Å². The monoisotopic (exact) mass is 752 g/mol. The van der Waals surface area contributed by atoms with Crippen molar-refractivity contribution in [1.82, 2.24) is 0 Å². The van der Waals surface area contributed by atoms with Crippen LogP contribution in [-0.2, 0) is 5.41 Å². The van der Waals surface area contributed by atoms with Crippen LogP contribution in [0.15, 0.2) is 191 Å². The largest absolute Gasteiger partial charge is 0.456 e.